The number of carbonyl (C=O) groups excluding carboxylic acids is 1. The molecule has 1 nitrogen and oxygen atoms in total. The summed E-state index contributed by atoms with van der Waals surface area (Å²) >= 11 is 7.60. The maximum atomic E-state index is 14.1. The van der Waals surface area contributed by atoms with Crippen molar-refractivity contribution in [2.75, 3.05) is 0 Å². The van der Waals surface area contributed by atoms with Crippen molar-refractivity contribution in [3.05, 3.63) is 179 Å². The summed E-state index contributed by atoms with van der Waals surface area (Å²) < 4.78 is 42.3. The van der Waals surface area contributed by atoms with Crippen LogP contribution in [0.2, 0.25) is 5.02 Å². The fourth-order valence-corrected chi connectivity index (χ4v) is 9.87. The Kier molecular flexibility index (Phi) is 8.67. The zero-order valence-electron chi connectivity index (χ0n) is 23.1. The van der Waals surface area contributed by atoms with Gasteiger partial charge in [0.25, 0.3) is 0 Å². The molecule has 0 heterocycles. The second-order valence-corrected chi connectivity index (χ2v) is 14.6. The largest absolute Gasteiger partial charge is 0.289 e. The van der Waals surface area contributed by atoms with Gasteiger partial charge in [0.15, 0.2) is 5.78 Å². The van der Waals surface area contributed by atoms with E-state index in [1.165, 1.54) is 36.4 Å². The third-order valence-corrected chi connectivity index (χ3v) is 12.3. The molecule has 6 rings (SSSR count). The van der Waals surface area contributed by atoms with Gasteiger partial charge in [-0.15, -0.1) is 10.0 Å². The van der Waals surface area contributed by atoms with Gasteiger partial charge in [-0.3, -0.25) is 4.79 Å². The quantitative estimate of drug-likeness (QED) is 0.154. The SMILES string of the molecule is O=C(c1ccc(Sc2ccc(S(c3ccc(F)cc3)(c3ccc(F)cc3)c3ccc(F)cc3)cc2)cc1)c1cccc(Cl)c1. The van der Waals surface area contributed by atoms with Crippen LogP contribution in [0.25, 0.3) is 0 Å². The molecule has 0 aliphatic carbocycles. The van der Waals surface area contributed by atoms with E-state index in [1.807, 2.05) is 36.4 Å². The molecule has 0 saturated carbocycles. The van der Waals surface area contributed by atoms with Crippen molar-refractivity contribution in [2.24, 2.45) is 0 Å². The van der Waals surface area contributed by atoms with Gasteiger partial charge in [-0.2, -0.15) is 0 Å². The van der Waals surface area contributed by atoms with E-state index in [0.29, 0.717) is 16.1 Å². The topological polar surface area (TPSA) is 17.1 Å². The Morgan fingerprint density at radius 3 is 1.30 bits per heavy atom. The Balaban J connectivity index is 1.37. The smallest absolute Gasteiger partial charge is 0.193 e. The number of hydrogen-bond acceptors (Lipinski definition) is 2. The second kappa shape index (κ2) is 12.8. The molecule has 0 fully saturated rings. The molecule has 0 aliphatic heterocycles. The van der Waals surface area contributed by atoms with E-state index >= 15 is 0 Å². The van der Waals surface area contributed by atoms with Gasteiger partial charge in [0.05, 0.1) is 0 Å². The fourth-order valence-electron chi connectivity index (χ4n) is 5.05. The summed E-state index contributed by atoms with van der Waals surface area (Å²) in [5, 5.41) is 0.510. The molecular formula is C37H24ClF3OS2. The molecular weight excluding hydrogens is 617 g/mol. The number of benzene rings is 6. The van der Waals surface area contributed by atoms with Gasteiger partial charge in [0, 0.05) is 45.5 Å². The van der Waals surface area contributed by atoms with Crippen LogP contribution in [0.3, 0.4) is 0 Å². The summed E-state index contributed by atoms with van der Waals surface area (Å²) in [6.07, 6.45) is 0. The first-order valence-corrected chi connectivity index (χ1v) is 16.4. The number of halogens is 4. The van der Waals surface area contributed by atoms with Crippen LogP contribution in [0.5, 0.6) is 0 Å². The molecule has 0 atom stereocenters. The second-order valence-electron chi connectivity index (χ2n) is 9.91. The van der Waals surface area contributed by atoms with E-state index in [0.717, 1.165) is 29.4 Å². The van der Waals surface area contributed by atoms with E-state index in [2.05, 4.69) is 0 Å². The van der Waals surface area contributed by atoms with E-state index < -0.39 is 10.0 Å². The molecule has 218 valence electrons. The summed E-state index contributed by atoms with van der Waals surface area (Å²) in [4.78, 5) is 18.2. The molecule has 0 radical (unpaired) electrons. The summed E-state index contributed by atoms with van der Waals surface area (Å²) in [5.41, 5.74) is 1.10. The number of rotatable bonds is 8. The van der Waals surface area contributed by atoms with Gasteiger partial charge in [0.2, 0.25) is 0 Å². The first-order valence-electron chi connectivity index (χ1n) is 13.6. The average Bonchev–Trinajstić information content (AvgIpc) is 3.04. The third kappa shape index (κ3) is 6.06. The zero-order chi connectivity index (χ0) is 30.7. The van der Waals surface area contributed by atoms with Crippen molar-refractivity contribution in [2.45, 2.75) is 29.4 Å². The van der Waals surface area contributed by atoms with Gasteiger partial charge in [-0.25, -0.2) is 13.2 Å². The lowest BCUT2D eigenvalue weighted by atomic mass is 10.0. The highest BCUT2D eigenvalue weighted by Gasteiger charge is 2.33. The molecule has 6 aromatic rings. The predicted molar refractivity (Wildman–Crippen MR) is 172 cm³/mol. The van der Waals surface area contributed by atoms with Crippen molar-refractivity contribution in [1.82, 2.24) is 0 Å². The lowest BCUT2D eigenvalue weighted by Crippen LogP contribution is -2.05. The molecule has 0 bridgehead atoms. The number of ketones is 1. The van der Waals surface area contributed by atoms with Crippen molar-refractivity contribution in [3.63, 3.8) is 0 Å². The fraction of sp³-hybridized carbons (Fsp3) is 0. The van der Waals surface area contributed by atoms with Crippen LogP contribution in [-0.4, -0.2) is 5.78 Å². The summed E-state index contributed by atoms with van der Waals surface area (Å²) in [5.74, 6) is -1.21. The minimum Gasteiger partial charge on any atom is -0.289 e. The molecule has 0 amide bonds. The lowest BCUT2D eigenvalue weighted by molar-refractivity contribution is 0.103. The molecule has 0 aliphatic rings. The van der Waals surface area contributed by atoms with E-state index in [-0.39, 0.29) is 23.2 Å². The maximum absolute atomic E-state index is 14.1. The molecule has 0 saturated heterocycles. The van der Waals surface area contributed by atoms with Gasteiger partial charge in [-0.1, -0.05) is 35.5 Å². The Bertz CT molecular complexity index is 1800. The molecule has 0 N–H and O–H groups in total. The Hall–Kier alpha value is -4.23. The molecule has 0 unspecified atom stereocenters. The van der Waals surface area contributed by atoms with Gasteiger partial charge < -0.3 is 0 Å². The first-order chi connectivity index (χ1) is 21.3. The highest BCUT2D eigenvalue weighted by molar-refractivity contribution is 8.34. The van der Waals surface area contributed by atoms with Gasteiger partial charge in [0.1, 0.15) is 17.5 Å². The molecule has 0 aromatic heterocycles. The number of carbonyl (C=O) groups is 1. The van der Waals surface area contributed by atoms with E-state index in [4.69, 9.17) is 11.6 Å². The van der Waals surface area contributed by atoms with Crippen molar-refractivity contribution >= 4 is 39.2 Å². The van der Waals surface area contributed by atoms with E-state index in [1.54, 1.807) is 84.6 Å². The molecule has 44 heavy (non-hydrogen) atoms. The van der Waals surface area contributed by atoms with Crippen LogP contribution in [0.4, 0.5) is 13.2 Å². The highest BCUT2D eigenvalue weighted by atomic mass is 35.5. The number of hydrogen-bond donors (Lipinski definition) is 0. The van der Waals surface area contributed by atoms with Crippen LogP contribution >= 0.6 is 33.4 Å². The monoisotopic (exact) mass is 640 g/mol. The van der Waals surface area contributed by atoms with Crippen LogP contribution in [0.1, 0.15) is 15.9 Å². The Morgan fingerprint density at radius 2 is 0.886 bits per heavy atom. The minimum absolute atomic E-state index is 0.102. The van der Waals surface area contributed by atoms with Crippen molar-refractivity contribution in [1.29, 1.82) is 0 Å². The Labute approximate surface area is 264 Å². The third-order valence-electron chi connectivity index (χ3n) is 7.12. The summed E-state index contributed by atoms with van der Waals surface area (Å²) in [7, 11) is -2.25. The molecule has 6 aromatic carbocycles. The van der Waals surface area contributed by atoms with Crippen molar-refractivity contribution < 1.29 is 18.0 Å². The Morgan fingerprint density at radius 1 is 0.500 bits per heavy atom. The standard InChI is InChI=1S/C37H24ClF3OS2/c38-27-3-1-2-26(24-27)37(42)25-4-12-31(13-5-25)43-32-14-22-36(23-15-32)44(33-16-6-28(39)7-17-33,34-18-8-29(40)9-19-34)35-20-10-30(41)11-21-35/h1-24H. The van der Waals surface area contributed by atoms with Crippen molar-refractivity contribution in [3.8, 4) is 0 Å². The average molecular weight is 641 g/mol. The molecule has 0 spiro atoms. The zero-order valence-corrected chi connectivity index (χ0v) is 25.5. The van der Waals surface area contributed by atoms with Gasteiger partial charge in [-0.05, 0) is 133 Å². The van der Waals surface area contributed by atoms with E-state index in [9.17, 15) is 18.0 Å². The maximum Gasteiger partial charge on any atom is 0.193 e. The first kappa shape index (κ1) is 29.8. The van der Waals surface area contributed by atoms with Crippen LogP contribution in [0, 0.1) is 17.5 Å². The van der Waals surface area contributed by atoms with Crippen LogP contribution in [0.15, 0.2) is 175 Å². The summed E-state index contributed by atoms with van der Waals surface area (Å²) in [6, 6.07) is 41.2. The minimum atomic E-state index is -2.25. The molecule has 7 heteroatoms. The normalized spacial score (nSPS) is 11.7. The summed E-state index contributed by atoms with van der Waals surface area (Å²) in [6.45, 7) is 0. The van der Waals surface area contributed by atoms with Crippen LogP contribution in [-0.2, 0) is 0 Å². The lowest BCUT2D eigenvalue weighted by Gasteiger charge is -2.42. The predicted octanol–water partition coefficient (Wildman–Crippen LogP) is 11.5. The van der Waals surface area contributed by atoms with Crippen LogP contribution < -0.4 is 0 Å². The van der Waals surface area contributed by atoms with Gasteiger partial charge >= 0.3 is 0 Å². The highest BCUT2D eigenvalue weighted by Crippen LogP contribution is 2.73.